The highest BCUT2D eigenvalue weighted by Crippen LogP contribution is 2.22. The summed E-state index contributed by atoms with van der Waals surface area (Å²) in [6.45, 7) is 4.07. The Morgan fingerprint density at radius 3 is 2.35 bits per heavy atom. The standard InChI is InChI=1S/C17H17ClN2O2S/c1-3-22-16(21)14-9-8-13(10-15(14)18)20-17(23)19-12-6-4-11(2)5-7-12/h4-10H,3H2,1-2H3,(H2,19,20,23). The number of hydrogen-bond donors (Lipinski definition) is 2. The first-order valence-electron chi connectivity index (χ1n) is 7.11. The van der Waals surface area contributed by atoms with Crippen LogP contribution in [0, 0.1) is 6.92 Å². The zero-order valence-electron chi connectivity index (χ0n) is 12.9. The Balaban J connectivity index is 2.02. The summed E-state index contributed by atoms with van der Waals surface area (Å²) in [6, 6.07) is 12.8. The molecule has 0 heterocycles. The smallest absolute Gasteiger partial charge is 0.339 e. The van der Waals surface area contributed by atoms with Gasteiger partial charge in [0.25, 0.3) is 0 Å². The number of aryl methyl sites for hydroxylation is 1. The van der Waals surface area contributed by atoms with Gasteiger partial charge in [0.2, 0.25) is 0 Å². The molecule has 0 unspecified atom stereocenters. The van der Waals surface area contributed by atoms with Crippen molar-refractivity contribution < 1.29 is 9.53 Å². The Kier molecular flexibility index (Phi) is 5.96. The van der Waals surface area contributed by atoms with Crippen molar-refractivity contribution >= 4 is 46.3 Å². The highest BCUT2D eigenvalue weighted by Gasteiger charge is 2.12. The van der Waals surface area contributed by atoms with Gasteiger partial charge in [-0.3, -0.25) is 0 Å². The molecule has 2 rings (SSSR count). The van der Waals surface area contributed by atoms with Crippen molar-refractivity contribution in [1.82, 2.24) is 0 Å². The molecule has 0 aromatic heterocycles. The van der Waals surface area contributed by atoms with Crippen LogP contribution >= 0.6 is 23.8 Å². The van der Waals surface area contributed by atoms with Crippen LogP contribution in [0.4, 0.5) is 11.4 Å². The SMILES string of the molecule is CCOC(=O)c1ccc(NC(=S)Nc2ccc(C)cc2)cc1Cl. The van der Waals surface area contributed by atoms with E-state index in [9.17, 15) is 4.79 Å². The Hall–Kier alpha value is -2.11. The third kappa shape index (κ3) is 4.94. The lowest BCUT2D eigenvalue weighted by Crippen LogP contribution is -2.19. The lowest BCUT2D eigenvalue weighted by molar-refractivity contribution is 0.0526. The molecule has 4 nitrogen and oxygen atoms in total. The van der Waals surface area contributed by atoms with Gasteiger partial charge < -0.3 is 15.4 Å². The van der Waals surface area contributed by atoms with Crippen molar-refractivity contribution in [3.8, 4) is 0 Å². The number of nitrogens with one attached hydrogen (secondary N) is 2. The van der Waals surface area contributed by atoms with E-state index in [1.807, 2.05) is 31.2 Å². The topological polar surface area (TPSA) is 50.4 Å². The number of anilines is 2. The molecule has 23 heavy (non-hydrogen) atoms. The second-order valence-corrected chi connectivity index (χ2v) is 5.68. The maximum Gasteiger partial charge on any atom is 0.339 e. The molecule has 0 saturated carbocycles. The number of thiocarbonyl (C=S) groups is 1. The molecule has 0 amide bonds. The van der Waals surface area contributed by atoms with Crippen molar-refractivity contribution in [2.45, 2.75) is 13.8 Å². The fourth-order valence-corrected chi connectivity index (χ4v) is 2.39. The van der Waals surface area contributed by atoms with Crippen LogP contribution in [0.5, 0.6) is 0 Å². The molecule has 0 fully saturated rings. The van der Waals surface area contributed by atoms with Gasteiger partial charge in [0, 0.05) is 11.4 Å². The zero-order valence-corrected chi connectivity index (χ0v) is 14.4. The summed E-state index contributed by atoms with van der Waals surface area (Å²) in [4.78, 5) is 11.7. The number of rotatable bonds is 4. The first kappa shape index (κ1) is 17.2. The van der Waals surface area contributed by atoms with Gasteiger partial charge in [-0.15, -0.1) is 0 Å². The molecule has 0 aliphatic heterocycles. The summed E-state index contributed by atoms with van der Waals surface area (Å²) in [6.07, 6.45) is 0. The van der Waals surface area contributed by atoms with Crippen molar-refractivity contribution in [2.75, 3.05) is 17.2 Å². The quantitative estimate of drug-likeness (QED) is 0.623. The van der Waals surface area contributed by atoms with E-state index in [0.29, 0.717) is 28.0 Å². The monoisotopic (exact) mass is 348 g/mol. The summed E-state index contributed by atoms with van der Waals surface area (Å²) in [5, 5.41) is 6.86. The fraction of sp³-hybridized carbons (Fsp3) is 0.176. The number of benzene rings is 2. The number of hydrogen-bond acceptors (Lipinski definition) is 3. The van der Waals surface area contributed by atoms with Gasteiger partial charge in [-0.1, -0.05) is 29.3 Å². The molecule has 0 aliphatic rings. The third-order valence-electron chi connectivity index (χ3n) is 3.03. The van der Waals surface area contributed by atoms with Gasteiger partial charge in [0.15, 0.2) is 5.11 Å². The Morgan fingerprint density at radius 1 is 1.13 bits per heavy atom. The van der Waals surface area contributed by atoms with Crippen LogP contribution in [0.15, 0.2) is 42.5 Å². The lowest BCUT2D eigenvalue weighted by atomic mass is 10.2. The fourth-order valence-electron chi connectivity index (χ4n) is 1.90. The minimum atomic E-state index is -0.440. The molecule has 2 N–H and O–H groups in total. The van der Waals surface area contributed by atoms with Crippen molar-refractivity contribution in [1.29, 1.82) is 0 Å². The minimum absolute atomic E-state index is 0.305. The number of halogens is 1. The molecule has 120 valence electrons. The van der Waals surface area contributed by atoms with Gasteiger partial charge in [0.05, 0.1) is 17.2 Å². The summed E-state index contributed by atoms with van der Waals surface area (Å²) in [5.41, 5.74) is 3.09. The molecular weight excluding hydrogens is 332 g/mol. The number of ether oxygens (including phenoxy) is 1. The van der Waals surface area contributed by atoms with E-state index in [1.165, 1.54) is 5.56 Å². The molecule has 2 aromatic rings. The zero-order chi connectivity index (χ0) is 16.8. The van der Waals surface area contributed by atoms with Crippen LogP contribution in [0.25, 0.3) is 0 Å². The van der Waals surface area contributed by atoms with Gasteiger partial charge in [-0.2, -0.15) is 0 Å². The number of carbonyl (C=O) groups is 1. The van der Waals surface area contributed by atoms with Crippen LogP contribution in [-0.4, -0.2) is 17.7 Å². The number of carbonyl (C=O) groups excluding carboxylic acids is 1. The first-order chi connectivity index (χ1) is 11.0. The average Bonchev–Trinajstić information content (AvgIpc) is 2.50. The maximum absolute atomic E-state index is 11.7. The van der Waals surface area contributed by atoms with E-state index in [2.05, 4.69) is 10.6 Å². The molecule has 6 heteroatoms. The van der Waals surface area contributed by atoms with Crippen LogP contribution in [0.1, 0.15) is 22.8 Å². The summed E-state index contributed by atoms with van der Waals surface area (Å²) in [5.74, 6) is -0.440. The molecule has 0 aliphatic carbocycles. The lowest BCUT2D eigenvalue weighted by Gasteiger charge is -2.12. The van der Waals surface area contributed by atoms with E-state index in [0.717, 1.165) is 5.69 Å². The highest BCUT2D eigenvalue weighted by atomic mass is 35.5. The maximum atomic E-state index is 11.7. The van der Waals surface area contributed by atoms with Gasteiger partial charge in [0.1, 0.15) is 0 Å². The summed E-state index contributed by atoms with van der Waals surface area (Å²) in [7, 11) is 0. The third-order valence-corrected chi connectivity index (χ3v) is 3.55. The van der Waals surface area contributed by atoms with E-state index < -0.39 is 5.97 Å². The molecule has 0 saturated heterocycles. The average molecular weight is 349 g/mol. The molecule has 2 aromatic carbocycles. The largest absolute Gasteiger partial charge is 0.462 e. The predicted molar refractivity (Wildman–Crippen MR) is 98.4 cm³/mol. The van der Waals surface area contributed by atoms with Crippen molar-refractivity contribution in [2.24, 2.45) is 0 Å². The second kappa shape index (κ2) is 7.94. The predicted octanol–water partition coefficient (Wildman–Crippen LogP) is 4.63. The van der Waals surface area contributed by atoms with E-state index in [4.69, 9.17) is 28.6 Å². The van der Waals surface area contributed by atoms with E-state index in [-0.39, 0.29) is 0 Å². The molecule has 0 radical (unpaired) electrons. The van der Waals surface area contributed by atoms with E-state index in [1.54, 1.807) is 25.1 Å². The van der Waals surface area contributed by atoms with Gasteiger partial charge >= 0.3 is 5.97 Å². The first-order valence-corrected chi connectivity index (χ1v) is 7.89. The molecule has 0 bridgehead atoms. The Morgan fingerprint density at radius 2 is 1.74 bits per heavy atom. The summed E-state index contributed by atoms with van der Waals surface area (Å²) < 4.78 is 4.94. The summed E-state index contributed by atoms with van der Waals surface area (Å²) >= 11 is 11.4. The Labute approximate surface area is 145 Å². The van der Waals surface area contributed by atoms with Crippen LogP contribution in [0.3, 0.4) is 0 Å². The Bertz CT molecular complexity index is 717. The van der Waals surface area contributed by atoms with Gasteiger partial charge in [-0.25, -0.2) is 4.79 Å². The van der Waals surface area contributed by atoms with Gasteiger partial charge in [-0.05, 0) is 56.4 Å². The second-order valence-electron chi connectivity index (χ2n) is 4.86. The number of esters is 1. The van der Waals surface area contributed by atoms with E-state index >= 15 is 0 Å². The molecular formula is C17H17ClN2O2S. The van der Waals surface area contributed by atoms with Crippen molar-refractivity contribution in [3.05, 3.63) is 58.6 Å². The molecule has 0 spiro atoms. The van der Waals surface area contributed by atoms with Crippen molar-refractivity contribution in [3.63, 3.8) is 0 Å². The highest BCUT2D eigenvalue weighted by molar-refractivity contribution is 7.80. The van der Waals surface area contributed by atoms with Crippen LogP contribution in [-0.2, 0) is 4.74 Å². The van der Waals surface area contributed by atoms with Crippen LogP contribution in [0.2, 0.25) is 5.02 Å². The molecule has 0 atom stereocenters. The van der Waals surface area contributed by atoms with Crippen LogP contribution < -0.4 is 10.6 Å². The minimum Gasteiger partial charge on any atom is -0.462 e. The normalized spacial score (nSPS) is 10.0.